The average Bonchev–Trinajstić information content (AvgIpc) is 2.87. The third-order valence-corrected chi connectivity index (χ3v) is 3.46. The van der Waals surface area contributed by atoms with Crippen LogP contribution in [-0.2, 0) is 7.05 Å². The Bertz CT molecular complexity index is 624. The highest BCUT2D eigenvalue weighted by Crippen LogP contribution is 2.32. The molecule has 0 saturated heterocycles. The Morgan fingerprint density at radius 3 is 3.00 bits per heavy atom. The topological polar surface area (TPSA) is 33.6 Å². The summed E-state index contributed by atoms with van der Waals surface area (Å²) in [6, 6.07) is 8.31. The van der Waals surface area contributed by atoms with Gasteiger partial charge in [0, 0.05) is 35.2 Å². The molecule has 0 radical (unpaired) electrons. The molecule has 0 aliphatic heterocycles. The van der Waals surface area contributed by atoms with Crippen molar-refractivity contribution in [3.63, 3.8) is 0 Å². The van der Waals surface area contributed by atoms with Crippen LogP contribution in [0.1, 0.15) is 0 Å². The number of hydrogen-bond donors (Lipinski definition) is 1. The first-order chi connectivity index (χ1) is 7.83. The maximum atomic E-state index is 4.16. The van der Waals surface area contributed by atoms with Crippen molar-refractivity contribution in [2.75, 3.05) is 0 Å². The van der Waals surface area contributed by atoms with Gasteiger partial charge in [-0.15, -0.1) is 0 Å². The van der Waals surface area contributed by atoms with Crippen LogP contribution >= 0.6 is 11.8 Å². The molecule has 1 N–H and O–H groups in total. The maximum absolute atomic E-state index is 4.16. The molecule has 0 aliphatic rings. The van der Waals surface area contributed by atoms with Crippen LogP contribution < -0.4 is 0 Å². The summed E-state index contributed by atoms with van der Waals surface area (Å²) < 4.78 is 1.82. The number of fused-ring (bicyclic) bond motifs is 1. The fourth-order valence-corrected chi connectivity index (χ4v) is 2.67. The fourth-order valence-electron chi connectivity index (χ4n) is 1.71. The van der Waals surface area contributed by atoms with Crippen molar-refractivity contribution in [2.24, 2.45) is 7.05 Å². The predicted molar refractivity (Wildman–Crippen MR) is 65.6 cm³/mol. The third kappa shape index (κ3) is 1.61. The quantitative estimate of drug-likeness (QED) is 0.732. The molecule has 2 aromatic heterocycles. The van der Waals surface area contributed by atoms with Gasteiger partial charge in [-0.1, -0.05) is 30.0 Å². The summed E-state index contributed by atoms with van der Waals surface area (Å²) in [6.07, 6.45) is 5.95. The van der Waals surface area contributed by atoms with Crippen molar-refractivity contribution >= 4 is 22.7 Å². The molecule has 0 fully saturated rings. The number of rotatable bonds is 2. The molecule has 3 aromatic rings. The van der Waals surface area contributed by atoms with E-state index in [1.165, 1.54) is 15.8 Å². The van der Waals surface area contributed by atoms with E-state index in [0.29, 0.717) is 0 Å². The second-order valence-electron chi connectivity index (χ2n) is 3.65. The second-order valence-corrected chi connectivity index (χ2v) is 4.77. The van der Waals surface area contributed by atoms with Gasteiger partial charge in [-0.05, 0) is 6.07 Å². The molecule has 0 aliphatic carbocycles. The van der Waals surface area contributed by atoms with Gasteiger partial charge in [-0.25, -0.2) is 0 Å². The summed E-state index contributed by atoms with van der Waals surface area (Å²) in [4.78, 5) is 5.67. The normalized spacial score (nSPS) is 11.1. The van der Waals surface area contributed by atoms with E-state index in [2.05, 4.69) is 28.3 Å². The first-order valence-electron chi connectivity index (χ1n) is 5.05. The molecule has 1 aromatic carbocycles. The smallest absolute Gasteiger partial charge is 0.0629 e. The van der Waals surface area contributed by atoms with Gasteiger partial charge in [0.25, 0.3) is 0 Å². The molecule has 4 heteroatoms. The zero-order chi connectivity index (χ0) is 11.0. The van der Waals surface area contributed by atoms with Crippen molar-refractivity contribution in [3.8, 4) is 0 Å². The Hall–Kier alpha value is -1.68. The van der Waals surface area contributed by atoms with E-state index in [1.54, 1.807) is 11.8 Å². The molecule has 0 atom stereocenters. The van der Waals surface area contributed by atoms with E-state index < -0.39 is 0 Å². The summed E-state index contributed by atoms with van der Waals surface area (Å²) >= 11 is 1.73. The van der Waals surface area contributed by atoms with Crippen LogP contribution in [0.3, 0.4) is 0 Å². The highest BCUT2D eigenvalue weighted by molar-refractivity contribution is 7.99. The lowest BCUT2D eigenvalue weighted by Gasteiger charge is -1.95. The van der Waals surface area contributed by atoms with Crippen molar-refractivity contribution in [2.45, 2.75) is 9.79 Å². The Labute approximate surface area is 97.5 Å². The Balaban J connectivity index is 2.00. The minimum Gasteiger partial charge on any atom is -0.360 e. The maximum Gasteiger partial charge on any atom is 0.0629 e. The van der Waals surface area contributed by atoms with Gasteiger partial charge in [0.1, 0.15) is 0 Å². The van der Waals surface area contributed by atoms with E-state index in [1.807, 2.05) is 36.4 Å². The van der Waals surface area contributed by atoms with Gasteiger partial charge in [-0.3, -0.25) is 4.68 Å². The lowest BCUT2D eigenvalue weighted by molar-refractivity contribution is 0.766. The zero-order valence-electron chi connectivity index (χ0n) is 8.84. The van der Waals surface area contributed by atoms with Crippen LogP contribution in [0, 0.1) is 0 Å². The SMILES string of the molecule is Cn1cc(Sc2c[nH]c3ccccc23)cn1. The minimum absolute atomic E-state index is 1.16. The van der Waals surface area contributed by atoms with Gasteiger partial charge in [0.05, 0.1) is 11.1 Å². The summed E-state index contributed by atoms with van der Waals surface area (Å²) in [5, 5.41) is 5.42. The van der Waals surface area contributed by atoms with E-state index in [0.717, 1.165) is 4.90 Å². The number of benzene rings is 1. The van der Waals surface area contributed by atoms with E-state index >= 15 is 0 Å². The van der Waals surface area contributed by atoms with Crippen molar-refractivity contribution in [3.05, 3.63) is 42.9 Å². The van der Waals surface area contributed by atoms with Gasteiger partial charge >= 0.3 is 0 Å². The molecule has 0 amide bonds. The largest absolute Gasteiger partial charge is 0.360 e. The first-order valence-corrected chi connectivity index (χ1v) is 5.87. The van der Waals surface area contributed by atoms with Crippen molar-refractivity contribution in [1.29, 1.82) is 0 Å². The van der Waals surface area contributed by atoms with Crippen molar-refractivity contribution < 1.29 is 0 Å². The predicted octanol–water partition coefficient (Wildman–Crippen LogP) is 3.05. The summed E-state index contributed by atoms with van der Waals surface area (Å²) in [6.45, 7) is 0. The van der Waals surface area contributed by atoms with Gasteiger partial charge in [-0.2, -0.15) is 5.10 Å². The summed E-state index contributed by atoms with van der Waals surface area (Å²) in [5.41, 5.74) is 1.17. The number of H-pyrrole nitrogens is 1. The van der Waals surface area contributed by atoms with Crippen LogP contribution in [0.2, 0.25) is 0 Å². The number of hydrogen-bond acceptors (Lipinski definition) is 2. The number of para-hydroxylation sites is 1. The molecule has 3 rings (SSSR count). The van der Waals surface area contributed by atoms with E-state index in [-0.39, 0.29) is 0 Å². The number of nitrogens with one attached hydrogen (secondary N) is 1. The zero-order valence-corrected chi connectivity index (χ0v) is 9.66. The molecule has 0 unspecified atom stereocenters. The highest BCUT2D eigenvalue weighted by Gasteiger charge is 2.05. The molecule has 80 valence electrons. The summed E-state index contributed by atoms with van der Waals surface area (Å²) in [7, 11) is 1.93. The number of aromatic amines is 1. The number of aromatic nitrogens is 3. The number of nitrogens with zero attached hydrogens (tertiary/aromatic N) is 2. The minimum atomic E-state index is 1.16. The van der Waals surface area contributed by atoms with E-state index in [9.17, 15) is 0 Å². The number of aryl methyl sites for hydroxylation is 1. The lowest BCUT2D eigenvalue weighted by atomic mass is 10.2. The Kier molecular flexibility index (Phi) is 2.22. The molecule has 0 spiro atoms. The Morgan fingerprint density at radius 1 is 1.31 bits per heavy atom. The van der Waals surface area contributed by atoms with Crippen LogP contribution in [0.5, 0.6) is 0 Å². The molecule has 0 bridgehead atoms. The van der Waals surface area contributed by atoms with Crippen LogP contribution in [0.4, 0.5) is 0 Å². The monoisotopic (exact) mass is 229 g/mol. The van der Waals surface area contributed by atoms with Crippen LogP contribution in [-0.4, -0.2) is 14.8 Å². The standard InChI is InChI=1S/C12H11N3S/c1-15-8-9(6-14-15)16-12-7-13-11-5-3-2-4-10(11)12/h2-8,13H,1H3. The molecule has 3 nitrogen and oxygen atoms in total. The Morgan fingerprint density at radius 2 is 2.19 bits per heavy atom. The molecular weight excluding hydrogens is 218 g/mol. The highest BCUT2D eigenvalue weighted by atomic mass is 32.2. The fraction of sp³-hybridized carbons (Fsp3) is 0.0833. The average molecular weight is 229 g/mol. The van der Waals surface area contributed by atoms with Crippen LogP contribution in [0.15, 0.2) is 52.6 Å². The lowest BCUT2D eigenvalue weighted by Crippen LogP contribution is -1.83. The van der Waals surface area contributed by atoms with E-state index in [4.69, 9.17) is 0 Å². The first kappa shape index (κ1) is 9.54. The molecular formula is C12H11N3S. The molecule has 16 heavy (non-hydrogen) atoms. The second kappa shape index (κ2) is 3.72. The molecule has 2 heterocycles. The summed E-state index contributed by atoms with van der Waals surface area (Å²) in [5.74, 6) is 0. The van der Waals surface area contributed by atoms with Gasteiger partial charge in [0.2, 0.25) is 0 Å². The third-order valence-electron chi connectivity index (χ3n) is 2.46. The molecule has 0 saturated carbocycles. The van der Waals surface area contributed by atoms with Gasteiger partial charge < -0.3 is 4.98 Å². The van der Waals surface area contributed by atoms with Crippen molar-refractivity contribution in [1.82, 2.24) is 14.8 Å². The van der Waals surface area contributed by atoms with Gasteiger partial charge in [0.15, 0.2) is 0 Å². The van der Waals surface area contributed by atoms with Crippen LogP contribution in [0.25, 0.3) is 10.9 Å².